The lowest BCUT2D eigenvalue weighted by atomic mass is 9.99. The molecule has 6 heteroatoms. The first-order chi connectivity index (χ1) is 9.86. The molecule has 6 nitrogen and oxygen atoms in total. The van der Waals surface area contributed by atoms with Crippen LogP contribution in [0.2, 0.25) is 0 Å². The van der Waals surface area contributed by atoms with Crippen molar-refractivity contribution in [1.82, 2.24) is 24.7 Å². The second kappa shape index (κ2) is 4.70. The molecule has 0 bridgehead atoms. The number of hydrogen-bond donors (Lipinski definition) is 1. The zero-order valence-corrected chi connectivity index (χ0v) is 11.5. The summed E-state index contributed by atoms with van der Waals surface area (Å²) < 4.78 is 7.53. The minimum Gasteiger partial charge on any atom is -0.381 e. The summed E-state index contributed by atoms with van der Waals surface area (Å²) in [5, 5.41) is 7.66. The fourth-order valence-electron chi connectivity index (χ4n) is 3.00. The molecule has 3 heterocycles. The number of imidazole rings is 1. The summed E-state index contributed by atoms with van der Waals surface area (Å²) in [4.78, 5) is 8.90. The van der Waals surface area contributed by atoms with E-state index >= 15 is 0 Å². The Morgan fingerprint density at radius 2 is 2.20 bits per heavy atom. The number of aromatic amines is 1. The van der Waals surface area contributed by atoms with Gasteiger partial charge in [-0.25, -0.2) is 9.97 Å². The molecule has 1 saturated carbocycles. The Balaban J connectivity index is 1.52. The lowest BCUT2D eigenvalue weighted by Crippen LogP contribution is -2.18. The minimum atomic E-state index is 0.126. The first kappa shape index (κ1) is 12.1. The van der Waals surface area contributed by atoms with Crippen LogP contribution in [0, 0.1) is 0 Å². The Labute approximate surface area is 117 Å². The molecule has 1 aliphatic carbocycles. The van der Waals surface area contributed by atoms with Gasteiger partial charge in [-0.2, -0.15) is 5.10 Å². The minimum absolute atomic E-state index is 0.126. The van der Waals surface area contributed by atoms with E-state index < -0.39 is 0 Å². The summed E-state index contributed by atoms with van der Waals surface area (Å²) in [5.74, 6) is 2.50. The fourth-order valence-corrected chi connectivity index (χ4v) is 3.00. The molecule has 0 amide bonds. The van der Waals surface area contributed by atoms with E-state index in [0.29, 0.717) is 5.92 Å². The molecule has 4 rings (SSSR count). The molecule has 2 aromatic rings. The Kier molecular flexibility index (Phi) is 2.84. The topological polar surface area (TPSA) is 68.6 Å². The van der Waals surface area contributed by atoms with Crippen LogP contribution in [0.15, 0.2) is 18.7 Å². The number of H-pyrrole nitrogens is 1. The smallest absolute Gasteiger partial charge is 0.158 e. The zero-order valence-electron chi connectivity index (χ0n) is 11.5. The summed E-state index contributed by atoms with van der Waals surface area (Å²) in [5.41, 5.74) is 0.126. The molecule has 106 valence electrons. The van der Waals surface area contributed by atoms with Gasteiger partial charge in [0.15, 0.2) is 5.82 Å². The molecule has 1 aliphatic heterocycles. The van der Waals surface area contributed by atoms with Gasteiger partial charge in [-0.05, 0) is 25.7 Å². The zero-order chi connectivity index (χ0) is 13.4. The number of aromatic nitrogens is 5. The molecule has 1 saturated heterocycles. The summed E-state index contributed by atoms with van der Waals surface area (Å²) in [7, 11) is 0. The van der Waals surface area contributed by atoms with E-state index in [9.17, 15) is 0 Å². The van der Waals surface area contributed by atoms with Gasteiger partial charge >= 0.3 is 0 Å². The third-order valence-corrected chi connectivity index (χ3v) is 4.48. The molecule has 2 aliphatic rings. The van der Waals surface area contributed by atoms with Crippen molar-refractivity contribution in [3.63, 3.8) is 0 Å². The maximum Gasteiger partial charge on any atom is 0.158 e. The number of nitrogens with zero attached hydrogens (tertiary/aromatic N) is 4. The van der Waals surface area contributed by atoms with Crippen LogP contribution in [0.1, 0.15) is 43.3 Å². The van der Waals surface area contributed by atoms with E-state index in [1.165, 1.54) is 0 Å². The van der Waals surface area contributed by atoms with Gasteiger partial charge < -0.3 is 9.30 Å². The quantitative estimate of drug-likeness (QED) is 0.919. The predicted molar refractivity (Wildman–Crippen MR) is 72.3 cm³/mol. The predicted octanol–water partition coefficient (Wildman–Crippen LogP) is 1.63. The Morgan fingerprint density at radius 1 is 1.35 bits per heavy atom. The summed E-state index contributed by atoms with van der Waals surface area (Å²) in [6.45, 7) is 2.60. The highest BCUT2D eigenvalue weighted by Gasteiger charge is 2.48. The number of rotatable bonds is 4. The van der Waals surface area contributed by atoms with Gasteiger partial charge in [-0.1, -0.05) is 0 Å². The van der Waals surface area contributed by atoms with Crippen LogP contribution >= 0.6 is 0 Å². The SMILES string of the molecule is c1cn(CC2(c3n[nH]c(C4CCOCC4)n3)CC2)cn1. The average molecular weight is 273 g/mol. The first-order valence-electron chi connectivity index (χ1n) is 7.32. The molecule has 20 heavy (non-hydrogen) atoms. The lowest BCUT2D eigenvalue weighted by molar-refractivity contribution is 0.0836. The second-order valence-electron chi connectivity index (χ2n) is 5.95. The van der Waals surface area contributed by atoms with Crippen molar-refractivity contribution in [3.05, 3.63) is 30.4 Å². The van der Waals surface area contributed by atoms with Gasteiger partial charge in [-0.15, -0.1) is 0 Å². The average Bonchev–Trinajstić information content (AvgIpc) is 2.94. The van der Waals surface area contributed by atoms with Crippen molar-refractivity contribution < 1.29 is 4.74 Å². The van der Waals surface area contributed by atoms with Crippen LogP contribution in [0.25, 0.3) is 0 Å². The Bertz CT molecular complexity index is 566. The van der Waals surface area contributed by atoms with Crippen molar-refractivity contribution in [2.45, 2.75) is 43.6 Å². The van der Waals surface area contributed by atoms with Crippen molar-refractivity contribution in [2.75, 3.05) is 13.2 Å². The maximum absolute atomic E-state index is 5.41. The molecule has 2 aromatic heterocycles. The van der Waals surface area contributed by atoms with Crippen LogP contribution in [0.4, 0.5) is 0 Å². The van der Waals surface area contributed by atoms with Crippen molar-refractivity contribution >= 4 is 0 Å². The molecular weight excluding hydrogens is 254 g/mol. The molecule has 1 N–H and O–H groups in total. The molecule has 0 unspecified atom stereocenters. The van der Waals surface area contributed by atoms with Crippen LogP contribution in [0.5, 0.6) is 0 Å². The highest BCUT2D eigenvalue weighted by Crippen LogP contribution is 2.48. The number of ether oxygens (including phenoxy) is 1. The van der Waals surface area contributed by atoms with Gasteiger partial charge in [0.2, 0.25) is 0 Å². The normalized spacial score (nSPS) is 22.0. The molecule has 0 radical (unpaired) electrons. The van der Waals surface area contributed by atoms with E-state index in [-0.39, 0.29) is 5.41 Å². The van der Waals surface area contributed by atoms with E-state index in [0.717, 1.165) is 57.1 Å². The van der Waals surface area contributed by atoms with Crippen LogP contribution in [0.3, 0.4) is 0 Å². The molecule has 0 atom stereocenters. The molecule has 0 aromatic carbocycles. The highest BCUT2D eigenvalue weighted by molar-refractivity contribution is 5.18. The van der Waals surface area contributed by atoms with E-state index in [2.05, 4.69) is 19.7 Å². The van der Waals surface area contributed by atoms with Gasteiger partial charge in [0.1, 0.15) is 5.82 Å². The van der Waals surface area contributed by atoms with Crippen LogP contribution < -0.4 is 0 Å². The lowest BCUT2D eigenvalue weighted by Gasteiger charge is -2.19. The number of nitrogens with one attached hydrogen (secondary N) is 1. The summed E-state index contributed by atoms with van der Waals surface area (Å²) >= 11 is 0. The monoisotopic (exact) mass is 273 g/mol. The van der Waals surface area contributed by atoms with E-state index in [4.69, 9.17) is 9.72 Å². The Hall–Kier alpha value is -1.69. The standard InChI is InChI=1S/C14H19N5O/c1-7-20-8-2-11(1)12-16-13(18-17-12)14(3-4-14)9-19-6-5-15-10-19/h5-6,10-11H,1-4,7-9H2,(H,16,17,18). The van der Waals surface area contributed by atoms with Crippen LogP contribution in [-0.2, 0) is 16.7 Å². The fraction of sp³-hybridized carbons (Fsp3) is 0.643. The Morgan fingerprint density at radius 3 is 2.90 bits per heavy atom. The molecule has 0 spiro atoms. The summed E-state index contributed by atoms with van der Waals surface area (Å²) in [6, 6.07) is 0. The van der Waals surface area contributed by atoms with Crippen molar-refractivity contribution in [2.24, 2.45) is 0 Å². The number of hydrogen-bond acceptors (Lipinski definition) is 4. The third kappa shape index (κ3) is 2.14. The van der Waals surface area contributed by atoms with Crippen molar-refractivity contribution in [1.29, 1.82) is 0 Å². The highest BCUT2D eigenvalue weighted by atomic mass is 16.5. The summed E-state index contributed by atoms with van der Waals surface area (Å²) in [6.07, 6.45) is 10.1. The van der Waals surface area contributed by atoms with Crippen molar-refractivity contribution in [3.8, 4) is 0 Å². The largest absolute Gasteiger partial charge is 0.381 e. The third-order valence-electron chi connectivity index (χ3n) is 4.48. The maximum atomic E-state index is 5.41. The first-order valence-corrected chi connectivity index (χ1v) is 7.32. The van der Waals surface area contributed by atoms with E-state index in [1.807, 2.05) is 18.7 Å². The van der Waals surface area contributed by atoms with Crippen LogP contribution in [-0.4, -0.2) is 37.9 Å². The van der Waals surface area contributed by atoms with Gasteiger partial charge in [0, 0.05) is 38.1 Å². The molecule has 2 fully saturated rings. The second-order valence-corrected chi connectivity index (χ2v) is 5.95. The van der Waals surface area contributed by atoms with Gasteiger partial charge in [0.25, 0.3) is 0 Å². The van der Waals surface area contributed by atoms with Gasteiger partial charge in [0.05, 0.1) is 11.7 Å². The van der Waals surface area contributed by atoms with E-state index in [1.54, 1.807) is 0 Å². The molecular formula is C14H19N5O. The van der Waals surface area contributed by atoms with Gasteiger partial charge in [-0.3, -0.25) is 5.10 Å².